The lowest BCUT2D eigenvalue weighted by atomic mass is 10.0. The van der Waals surface area contributed by atoms with Crippen molar-refractivity contribution in [1.29, 1.82) is 0 Å². The number of aliphatic hydroxyl groups excluding tert-OH is 1. The Morgan fingerprint density at radius 3 is 2.12 bits per heavy atom. The van der Waals surface area contributed by atoms with Gasteiger partial charge >= 0.3 is 0 Å². The standard InChI is InChI=1S/C15H16O2/c1-2-17-14-10-8-13(9-11-14)15(16)12-6-4-3-5-7-12/h3-11,15-16H,2H2,1H3/t15-/m0/s1. The molecule has 0 aliphatic carbocycles. The topological polar surface area (TPSA) is 29.5 Å². The quantitative estimate of drug-likeness (QED) is 0.871. The van der Waals surface area contributed by atoms with Gasteiger partial charge in [-0.1, -0.05) is 42.5 Å². The van der Waals surface area contributed by atoms with Crippen LogP contribution in [0.25, 0.3) is 0 Å². The van der Waals surface area contributed by atoms with Crippen LogP contribution in [-0.4, -0.2) is 11.7 Å². The molecule has 2 aromatic rings. The third-order valence-corrected chi connectivity index (χ3v) is 2.62. The average molecular weight is 228 g/mol. The fourth-order valence-electron chi connectivity index (χ4n) is 1.74. The molecule has 2 nitrogen and oxygen atoms in total. The zero-order chi connectivity index (χ0) is 12.1. The summed E-state index contributed by atoms with van der Waals surface area (Å²) in [6, 6.07) is 17.2. The van der Waals surface area contributed by atoms with Gasteiger partial charge in [0, 0.05) is 0 Å². The number of hydrogen-bond acceptors (Lipinski definition) is 2. The van der Waals surface area contributed by atoms with Gasteiger partial charge in [-0.15, -0.1) is 0 Å². The Morgan fingerprint density at radius 2 is 1.53 bits per heavy atom. The molecule has 0 saturated carbocycles. The minimum absolute atomic E-state index is 0.577. The van der Waals surface area contributed by atoms with Gasteiger partial charge < -0.3 is 9.84 Å². The van der Waals surface area contributed by atoms with Crippen molar-refractivity contribution in [2.75, 3.05) is 6.61 Å². The van der Waals surface area contributed by atoms with E-state index in [4.69, 9.17) is 4.74 Å². The summed E-state index contributed by atoms with van der Waals surface area (Å²) in [6.07, 6.45) is -0.577. The lowest BCUT2D eigenvalue weighted by Crippen LogP contribution is -1.99. The molecule has 0 amide bonds. The van der Waals surface area contributed by atoms with Crippen LogP contribution in [0.3, 0.4) is 0 Å². The van der Waals surface area contributed by atoms with E-state index in [1.807, 2.05) is 61.5 Å². The second kappa shape index (κ2) is 5.51. The summed E-state index contributed by atoms with van der Waals surface area (Å²) in [6.45, 7) is 2.60. The van der Waals surface area contributed by atoms with Gasteiger partial charge in [-0.05, 0) is 30.2 Å². The van der Waals surface area contributed by atoms with Gasteiger partial charge in [-0.3, -0.25) is 0 Å². The van der Waals surface area contributed by atoms with Crippen LogP contribution in [0.1, 0.15) is 24.2 Å². The van der Waals surface area contributed by atoms with Crippen molar-refractivity contribution >= 4 is 0 Å². The van der Waals surface area contributed by atoms with Crippen LogP contribution in [0.5, 0.6) is 5.75 Å². The van der Waals surface area contributed by atoms with E-state index in [2.05, 4.69) is 0 Å². The van der Waals surface area contributed by atoms with Gasteiger partial charge in [0.05, 0.1) is 6.61 Å². The predicted octanol–water partition coefficient (Wildman–Crippen LogP) is 3.17. The number of ether oxygens (including phenoxy) is 1. The fraction of sp³-hybridized carbons (Fsp3) is 0.200. The molecule has 1 N–H and O–H groups in total. The molecular formula is C15H16O2. The highest BCUT2D eigenvalue weighted by molar-refractivity contribution is 5.33. The Bertz CT molecular complexity index is 448. The van der Waals surface area contributed by atoms with E-state index in [-0.39, 0.29) is 0 Å². The maximum Gasteiger partial charge on any atom is 0.119 e. The second-order valence-corrected chi connectivity index (χ2v) is 3.82. The third-order valence-electron chi connectivity index (χ3n) is 2.62. The normalized spacial score (nSPS) is 12.1. The van der Waals surface area contributed by atoms with Crippen molar-refractivity contribution in [2.24, 2.45) is 0 Å². The minimum atomic E-state index is -0.577. The molecule has 0 aliphatic heterocycles. The first-order valence-corrected chi connectivity index (χ1v) is 5.77. The summed E-state index contributed by atoms with van der Waals surface area (Å²) in [7, 11) is 0. The molecule has 2 rings (SSSR count). The molecular weight excluding hydrogens is 212 g/mol. The maximum absolute atomic E-state index is 10.2. The van der Waals surface area contributed by atoms with Crippen molar-refractivity contribution < 1.29 is 9.84 Å². The van der Waals surface area contributed by atoms with E-state index in [0.717, 1.165) is 16.9 Å². The highest BCUT2D eigenvalue weighted by Gasteiger charge is 2.09. The van der Waals surface area contributed by atoms with Crippen LogP contribution < -0.4 is 4.74 Å². The van der Waals surface area contributed by atoms with Gasteiger partial charge in [0.25, 0.3) is 0 Å². The molecule has 2 aromatic carbocycles. The molecule has 0 radical (unpaired) electrons. The van der Waals surface area contributed by atoms with Crippen LogP contribution >= 0.6 is 0 Å². The van der Waals surface area contributed by atoms with Crippen molar-refractivity contribution in [2.45, 2.75) is 13.0 Å². The molecule has 0 saturated heterocycles. The van der Waals surface area contributed by atoms with Gasteiger partial charge in [-0.25, -0.2) is 0 Å². The highest BCUT2D eigenvalue weighted by atomic mass is 16.5. The number of benzene rings is 2. The SMILES string of the molecule is CCOc1ccc([C@@H](O)c2ccccc2)cc1. The van der Waals surface area contributed by atoms with Crippen LogP contribution in [0.15, 0.2) is 54.6 Å². The van der Waals surface area contributed by atoms with Gasteiger partial charge in [0.1, 0.15) is 11.9 Å². The molecule has 0 heterocycles. The van der Waals surface area contributed by atoms with Crippen LogP contribution in [-0.2, 0) is 0 Å². The smallest absolute Gasteiger partial charge is 0.119 e. The first kappa shape index (κ1) is 11.7. The summed E-state index contributed by atoms with van der Waals surface area (Å²) >= 11 is 0. The average Bonchev–Trinajstić information content (AvgIpc) is 2.40. The second-order valence-electron chi connectivity index (χ2n) is 3.82. The lowest BCUT2D eigenvalue weighted by molar-refractivity contribution is 0.220. The maximum atomic E-state index is 10.2. The molecule has 0 spiro atoms. The fourth-order valence-corrected chi connectivity index (χ4v) is 1.74. The number of hydrogen-bond donors (Lipinski definition) is 1. The largest absolute Gasteiger partial charge is 0.494 e. The van der Waals surface area contributed by atoms with Crippen LogP contribution in [0, 0.1) is 0 Å². The minimum Gasteiger partial charge on any atom is -0.494 e. The predicted molar refractivity (Wildman–Crippen MR) is 68.1 cm³/mol. The van der Waals surface area contributed by atoms with E-state index >= 15 is 0 Å². The Kier molecular flexibility index (Phi) is 3.78. The lowest BCUT2D eigenvalue weighted by Gasteiger charge is -2.12. The Hall–Kier alpha value is -1.80. The monoisotopic (exact) mass is 228 g/mol. The van der Waals surface area contributed by atoms with Crippen molar-refractivity contribution in [1.82, 2.24) is 0 Å². The van der Waals surface area contributed by atoms with Gasteiger partial charge in [-0.2, -0.15) is 0 Å². The zero-order valence-corrected chi connectivity index (χ0v) is 9.84. The van der Waals surface area contributed by atoms with Gasteiger partial charge in [0.15, 0.2) is 0 Å². The summed E-state index contributed by atoms with van der Waals surface area (Å²) in [5, 5.41) is 10.2. The van der Waals surface area contributed by atoms with Crippen molar-refractivity contribution in [3.8, 4) is 5.75 Å². The molecule has 0 aliphatic rings. The van der Waals surface area contributed by atoms with Crippen LogP contribution in [0.4, 0.5) is 0 Å². The third kappa shape index (κ3) is 2.86. The van der Waals surface area contributed by atoms with E-state index in [1.165, 1.54) is 0 Å². The zero-order valence-electron chi connectivity index (χ0n) is 9.84. The molecule has 0 bridgehead atoms. The molecule has 2 heteroatoms. The first-order chi connectivity index (χ1) is 8.31. The van der Waals surface area contributed by atoms with Crippen LogP contribution in [0.2, 0.25) is 0 Å². The summed E-state index contributed by atoms with van der Waals surface area (Å²) in [5.41, 5.74) is 1.77. The molecule has 0 fully saturated rings. The number of aliphatic hydroxyl groups is 1. The Morgan fingerprint density at radius 1 is 0.941 bits per heavy atom. The van der Waals surface area contributed by atoms with Crippen molar-refractivity contribution in [3.63, 3.8) is 0 Å². The molecule has 17 heavy (non-hydrogen) atoms. The van der Waals surface area contributed by atoms with Gasteiger partial charge in [0.2, 0.25) is 0 Å². The first-order valence-electron chi connectivity index (χ1n) is 5.77. The van der Waals surface area contributed by atoms with E-state index in [1.54, 1.807) is 0 Å². The van der Waals surface area contributed by atoms with E-state index < -0.39 is 6.10 Å². The van der Waals surface area contributed by atoms with E-state index in [9.17, 15) is 5.11 Å². The Balaban J connectivity index is 2.17. The molecule has 88 valence electrons. The summed E-state index contributed by atoms with van der Waals surface area (Å²) in [5.74, 6) is 0.830. The molecule has 0 unspecified atom stereocenters. The summed E-state index contributed by atoms with van der Waals surface area (Å²) in [4.78, 5) is 0. The van der Waals surface area contributed by atoms with Crippen molar-refractivity contribution in [3.05, 3.63) is 65.7 Å². The summed E-state index contributed by atoms with van der Waals surface area (Å²) < 4.78 is 5.36. The number of rotatable bonds is 4. The highest BCUT2D eigenvalue weighted by Crippen LogP contribution is 2.23. The molecule has 0 aromatic heterocycles. The molecule has 1 atom stereocenters. The Labute approximate surface area is 101 Å². The van der Waals surface area contributed by atoms with E-state index in [0.29, 0.717) is 6.61 Å².